The summed E-state index contributed by atoms with van der Waals surface area (Å²) in [6, 6.07) is 0. The molecule has 0 aliphatic heterocycles. The van der Waals surface area contributed by atoms with Crippen molar-refractivity contribution in [2.24, 2.45) is 5.73 Å². The van der Waals surface area contributed by atoms with Crippen LogP contribution in [-0.2, 0) is 17.7 Å². The van der Waals surface area contributed by atoms with Crippen LogP contribution in [0.4, 0.5) is 0 Å². The molecule has 0 atom stereocenters. The zero-order valence-electron chi connectivity index (χ0n) is 11.8. The molecule has 0 unspecified atom stereocenters. The summed E-state index contributed by atoms with van der Waals surface area (Å²) in [5.74, 6) is 0.983. The lowest BCUT2D eigenvalue weighted by atomic mass is 9.91. The van der Waals surface area contributed by atoms with Gasteiger partial charge in [-0.15, -0.1) is 23.1 Å². The highest BCUT2D eigenvalue weighted by Gasteiger charge is 2.23. The van der Waals surface area contributed by atoms with Crippen molar-refractivity contribution in [2.75, 3.05) is 0 Å². The summed E-state index contributed by atoms with van der Waals surface area (Å²) in [7, 11) is 0. The number of hydrogen-bond donors (Lipinski definition) is 1. The van der Waals surface area contributed by atoms with E-state index in [0.29, 0.717) is 6.54 Å². The highest BCUT2D eigenvalue weighted by Crippen LogP contribution is 2.33. The largest absolute Gasteiger partial charge is 0.326 e. The highest BCUT2D eigenvalue weighted by molar-refractivity contribution is 7.99. The molecule has 17 heavy (non-hydrogen) atoms. The van der Waals surface area contributed by atoms with E-state index in [2.05, 4.69) is 41.5 Å². The lowest BCUT2D eigenvalue weighted by molar-refractivity contribution is 0.565. The summed E-state index contributed by atoms with van der Waals surface area (Å²) >= 11 is 3.71. The van der Waals surface area contributed by atoms with Crippen LogP contribution in [0.1, 0.15) is 57.1 Å². The molecular weight excluding hydrogens is 248 g/mol. The lowest BCUT2D eigenvalue weighted by Gasteiger charge is -2.17. The fraction of sp³-hybridized carbons (Fsp3) is 0.769. The molecule has 0 saturated carbocycles. The maximum atomic E-state index is 5.81. The van der Waals surface area contributed by atoms with Crippen molar-refractivity contribution in [3.05, 3.63) is 15.6 Å². The van der Waals surface area contributed by atoms with Gasteiger partial charge in [-0.3, -0.25) is 0 Å². The number of nitrogens with zero attached hydrogens (tertiary/aromatic N) is 1. The molecule has 2 nitrogen and oxygen atoms in total. The Morgan fingerprint density at radius 1 is 1.18 bits per heavy atom. The monoisotopic (exact) mass is 272 g/mol. The van der Waals surface area contributed by atoms with Crippen LogP contribution in [0.25, 0.3) is 0 Å². The highest BCUT2D eigenvalue weighted by atomic mass is 32.2. The third-order valence-electron chi connectivity index (χ3n) is 2.27. The van der Waals surface area contributed by atoms with E-state index < -0.39 is 0 Å². The van der Waals surface area contributed by atoms with Crippen molar-refractivity contribution in [3.8, 4) is 0 Å². The molecule has 1 aromatic heterocycles. The van der Waals surface area contributed by atoms with E-state index in [1.165, 1.54) is 15.6 Å². The maximum absolute atomic E-state index is 5.81. The van der Waals surface area contributed by atoms with Crippen LogP contribution in [0, 0.1) is 0 Å². The van der Waals surface area contributed by atoms with Gasteiger partial charge < -0.3 is 5.73 Å². The minimum atomic E-state index is 0.0931. The second-order valence-electron chi connectivity index (χ2n) is 6.23. The Morgan fingerprint density at radius 2 is 1.76 bits per heavy atom. The van der Waals surface area contributed by atoms with Crippen LogP contribution in [0.2, 0.25) is 0 Å². The van der Waals surface area contributed by atoms with E-state index in [0.717, 1.165) is 5.75 Å². The molecule has 4 heteroatoms. The number of thioether (sulfide) groups is 1. The molecule has 0 spiro atoms. The van der Waals surface area contributed by atoms with Crippen LogP contribution in [-0.4, -0.2) is 9.73 Å². The van der Waals surface area contributed by atoms with E-state index in [-0.39, 0.29) is 10.2 Å². The first-order chi connectivity index (χ1) is 7.63. The second-order valence-corrected chi connectivity index (χ2v) is 9.20. The van der Waals surface area contributed by atoms with E-state index in [1.54, 1.807) is 11.3 Å². The van der Waals surface area contributed by atoms with Crippen LogP contribution in [0.15, 0.2) is 0 Å². The molecule has 1 aromatic rings. The smallest absolute Gasteiger partial charge is 0.103 e. The van der Waals surface area contributed by atoms with Gasteiger partial charge in [-0.25, -0.2) is 4.98 Å². The Morgan fingerprint density at radius 3 is 2.12 bits per heavy atom. The Balaban J connectivity index is 2.86. The summed E-state index contributed by atoms with van der Waals surface area (Å²) < 4.78 is 0.288. The fourth-order valence-electron chi connectivity index (χ4n) is 1.46. The van der Waals surface area contributed by atoms with Gasteiger partial charge in [0, 0.05) is 27.3 Å². The Labute approximate surface area is 113 Å². The molecule has 0 aliphatic carbocycles. The molecule has 0 aromatic carbocycles. The first-order valence-electron chi connectivity index (χ1n) is 5.96. The Kier molecular flexibility index (Phi) is 4.67. The number of aromatic nitrogens is 1. The van der Waals surface area contributed by atoms with E-state index >= 15 is 0 Å². The molecule has 0 radical (unpaired) electrons. The van der Waals surface area contributed by atoms with Crippen molar-refractivity contribution in [1.82, 2.24) is 4.98 Å². The van der Waals surface area contributed by atoms with Crippen molar-refractivity contribution in [1.29, 1.82) is 0 Å². The average molecular weight is 272 g/mol. The minimum absolute atomic E-state index is 0.0931. The second kappa shape index (κ2) is 5.29. The van der Waals surface area contributed by atoms with Gasteiger partial charge in [0.1, 0.15) is 5.01 Å². The third kappa shape index (κ3) is 4.60. The topological polar surface area (TPSA) is 38.9 Å². The van der Waals surface area contributed by atoms with Crippen LogP contribution < -0.4 is 5.73 Å². The predicted octanol–water partition coefficient (Wildman–Crippen LogP) is 3.93. The van der Waals surface area contributed by atoms with Crippen LogP contribution in [0.5, 0.6) is 0 Å². The maximum Gasteiger partial charge on any atom is 0.103 e. The molecule has 0 amide bonds. The summed E-state index contributed by atoms with van der Waals surface area (Å²) in [6.07, 6.45) is 0. The van der Waals surface area contributed by atoms with E-state index in [1.807, 2.05) is 11.8 Å². The van der Waals surface area contributed by atoms with Crippen LogP contribution in [0.3, 0.4) is 0 Å². The standard InChI is InChI=1S/C13H24N2S2/c1-12(2,3)11-9(7-14)17-10(15-11)8-16-13(4,5)6/h7-8,14H2,1-6H3. The Hall–Kier alpha value is -0.0600. The molecule has 98 valence electrons. The van der Waals surface area contributed by atoms with Gasteiger partial charge in [0.05, 0.1) is 5.69 Å². The van der Waals surface area contributed by atoms with Gasteiger partial charge in [-0.05, 0) is 0 Å². The van der Waals surface area contributed by atoms with E-state index in [9.17, 15) is 0 Å². The van der Waals surface area contributed by atoms with E-state index in [4.69, 9.17) is 10.7 Å². The normalized spacial score (nSPS) is 13.1. The van der Waals surface area contributed by atoms with Crippen molar-refractivity contribution in [2.45, 2.75) is 64.0 Å². The van der Waals surface area contributed by atoms with Gasteiger partial charge >= 0.3 is 0 Å². The predicted molar refractivity (Wildman–Crippen MR) is 79.8 cm³/mol. The molecule has 0 bridgehead atoms. The van der Waals surface area contributed by atoms with Gasteiger partial charge in [0.2, 0.25) is 0 Å². The zero-order valence-corrected chi connectivity index (χ0v) is 13.4. The van der Waals surface area contributed by atoms with Crippen molar-refractivity contribution < 1.29 is 0 Å². The molecule has 0 aliphatic rings. The Bertz CT molecular complexity index is 370. The molecule has 1 heterocycles. The first kappa shape index (κ1) is 15.0. The van der Waals surface area contributed by atoms with Gasteiger partial charge in [0.15, 0.2) is 0 Å². The molecule has 2 N–H and O–H groups in total. The SMILES string of the molecule is CC(C)(C)SCc1nc(C(C)(C)C)c(CN)s1. The number of nitrogens with two attached hydrogens (primary N) is 1. The third-order valence-corrected chi connectivity index (χ3v) is 4.81. The summed E-state index contributed by atoms with van der Waals surface area (Å²) in [5, 5.41) is 1.20. The van der Waals surface area contributed by atoms with Gasteiger partial charge in [0.25, 0.3) is 0 Å². The first-order valence-corrected chi connectivity index (χ1v) is 7.77. The lowest BCUT2D eigenvalue weighted by Crippen LogP contribution is -2.15. The number of hydrogen-bond acceptors (Lipinski definition) is 4. The fourth-order valence-corrected chi connectivity index (χ4v) is 3.45. The summed E-state index contributed by atoms with van der Waals surface area (Å²) in [4.78, 5) is 6.01. The molecular formula is C13H24N2S2. The minimum Gasteiger partial charge on any atom is -0.326 e. The van der Waals surface area contributed by atoms with Gasteiger partial charge in [-0.1, -0.05) is 41.5 Å². The van der Waals surface area contributed by atoms with Crippen molar-refractivity contribution >= 4 is 23.1 Å². The van der Waals surface area contributed by atoms with Gasteiger partial charge in [-0.2, -0.15) is 0 Å². The van der Waals surface area contributed by atoms with Crippen molar-refractivity contribution in [3.63, 3.8) is 0 Å². The average Bonchev–Trinajstić information content (AvgIpc) is 2.56. The summed E-state index contributed by atoms with van der Waals surface area (Å²) in [5.41, 5.74) is 7.07. The summed E-state index contributed by atoms with van der Waals surface area (Å²) in [6.45, 7) is 13.9. The molecule has 0 saturated heterocycles. The van der Waals surface area contributed by atoms with Crippen LogP contribution >= 0.6 is 23.1 Å². The molecule has 1 rings (SSSR count). The number of thiazole rings is 1. The molecule has 0 fully saturated rings. The zero-order chi connectivity index (χ0) is 13.3. The number of rotatable bonds is 3. The quantitative estimate of drug-likeness (QED) is 0.906.